The number of hydrogen-bond acceptors (Lipinski definition) is 1. The van der Waals surface area contributed by atoms with Crippen molar-refractivity contribution in [2.45, 2.75) is 0 Å². The molecule has 93 valence electrons. The second-order valence-corrected chi connectivity index (χ2v) is 4.52. The molecule has 3 rings (SSSR count). The summed E-state index contributed by atoms with van der Waals surface area (Å²) in [5.74, 6) is 0.885. The molecule has 0 heterocycles. The van der Waals surface area contributed by atoms with Gasteiger partial charge >= 0.3 is 0 Å². The largest absolute Gasteiger partial charge is 0.497 e. The van der Waals surface area contributed by atoms with Crippen LogP contribution in [-0.4, -0.2) is 7.11 Å². The van der Waals surface area contributed by atoms with Crippen molar-refractivity contribution in [1.82, 2.24) is 0 Å². The number of methoxy groups -OCH3 is 1. The summed E-state index contributed by atoms with van der Waals surface area (Å²) in [6, 6.07) is 23.0. The van der Waals surface area contributed by atoms with E-state index in [1.165, 1.54) is 21.9 Å². The van der Waals surface area contributed by atoms with Crippen LogP contribution < -0.4 is 4.74 Å². The summed E-state index contributed by atoms with van der Waals surface area (Å²) in [5.41, 5.74) is 2.39. The lowest BCUT2D eigenvalue weighted by Gasteiger charge is -2.05. The molecule has 0 spiro atoms. The number of ether oxygens (including phenoxy) is 1. The molecule has 0 bridgehead atoms. The minimum absolute atomic E-state index is 0.885. The molecule has 3 aromatic rings. The summed E-state index contributed by atoms with van der Waals surface area (Å²) in [6.45, 7) is 0. The molecule has 0 aliphatic rings. The van der Waals surface area contributed by atoms with E-state index in [0.717, 1.165) is 5.75 Å². The third-order valence-corrected chi connectivity index (χ3v) is 3.22. The van der Waals surface area contributed by atoms with Crippen LogP contribution >= 0.6 is 0 Å². The van der Waals surface area contributed by atoms with Gasteiger partial charge in [0, 0.05) is 6.42 Å². The van der Waals surface area contributed by atoms with Crippen LogP contribution in [0.2, 0.25) is 0 Å². The van der Waals surface area contributed by atoms with Crippen molar-refractivity contribution in [3.05, 3.63) is 84.3 Å². The fourth-order valence-electron chi connectivity index (χ4n) is 2.19. The molecule has 0 saturated heterocycles. The molecule has 0 aromatic heterocycles. The van der Waals surface area contributed by atoms with E-state index in [0.29, 0.717) is 0 Å². The van der Waals surface area contributed by atoms with E-state index in [2.05, 4.69) is 61.0 Å². The highest BCUT2D eigenvalue weighted by atomic mass is 16.5. The predicted molar refractivity (Wildman–Crippen MR) is 79.4 cm³/mol. The maximum atomic E-state index is 5.16. The van der Waals surface area contributed by atoms with Gasteiger partial charge in [-0.2, -0.15) is 0 Å². The Balaban J connectivity index is 1.87. The average molecular weight is 247 g/mol. The summed E-state index contributed by atoms with van der Waals surface area (Å²) in [7, 11) is 1.68. The normalized spacial score (nSPS) is 10.6. The van der Waals surface area contributed by atoms with Gasteiger partial charge in [0.1, 0.15) is 5.75 Å². The molecule has 1 radical (unpaired) electrons. The smallest absolute Gasteiger partial charge is 0.118 e. The van der Waals surface area contributed by atoms with Gasteiger partial charge in [-0.05, 0) is 34.0 Å². The molecule has 0 fully saturated rings. The first-order chi connectivity index (χ1) is 9.35. The molecule has 0 unspecified atom stereocenters. The summed E-state index contributed by atoms with van der Waals surface area (Å²) in [6.07, 6.45) is 2.17. The zero-order chi connectivity index (χ0) is 13.1. The van der Waals surface area contributed by atoms with Crippen molar-refractivity contribution >= 4 is 10.8 Å². The standard InChI is InChI=1S/C18H15O/c1-19-18-10-7-14(8-11-18)12-15-6-9-16-4-2-3-5-17(16)13-15/h2-13H,1H3. The average Bonchev–Trinajstić information content (AvgIpc) is 2.48. The Morgan fingerprint density at radius 2 is 1.42 bits per heavy atom. The minimum Gasteiger partial charge on any atom is -0.497 e. The van der Waals surface area contributed by atoms with Crippen molar-refractivity contribution in [2.75, 3.05) is 7.11 Å². The van der Waals surface area contributed by atoms with Crippen LogP contribution in [-0.2, 0) is 0 Å². The Kier molecular flexibility index (Phi) is 3.20. The number of benzene rings is 3. The lowest BCUT2D eigenvalue weighted by atomic mass is 10.0. The number of hydrogen-bond donors (Lipinski definition) is 0. The summed E-state index contributed by atoms with van der Waals surface area (Å²) >= 11 is 0. The van der Waals surface area contributed by atoms with E-state index in [9.17, 15) is 0 Å². The van der Waals surface area contributed by atoms with E-state index in [1.807, 2.05) is 12.1 Å². The second-order valence-electron chi connectivity index (χ2n) is 4.52. The van der Waals surface area contributed by atoms with Gasteiger partial charge in [0.25, 0.3) is 0 Å². The SMILES string of the molecule is COc1ccc([CH]c2ccc3ccccc3c2)cc1. The van der Waals surface area contributed by atoms with Crippen molar-refractivity contribution in [3.63, 3.8) is 0 Å². The van der Waals surface area contributed by atoms with Gasteiger partial charge in [0.15, 0.2) is 0 Å². The maximum Gasteiger partial charge on any atom is 0.118 e. The summed E-state index contributed by atoms with van der Waals surface area (Å²) in [4.78, 5) is 0. The first-order valence-corrected chi connectivity index (χ1v) is 6.33. The third kappa shape index (κ3) is 2.60. The molecule has 0 atom stereocenters. The molecule has 0 aliphatic heterocycles. The molecule has 0 N–H and O–H groups in total. The topological polar surface area (TPSA) is 9.23 Å². The zero-order valence-corrected chi connectivity index (χ0v) is 10.8. The van der Waals surface area contributed by atoms with Crippen LogP contribution in [0, 0.1) is 6.42 Å². The molecular formula is C18H15O. The Labute approximate surface area is 113 Å². The van der Waals surface area contributed by atoms with Gasteiger partial charge in [-0.3, -0.25) is 0 Å². The maximum absolute atomic E-state index is 5.16. The van der Waals surface area contributed by atoms with Crippen LogP contribution in [0.5, 0.6) is 5.75 Å². The number of fused-ring (bicyclic) bond motifs is 1. The van der Waals surface area contributed by atoms with Crippen LogP contribution in [0.4, 0.5) is 0 Å². The molecule has 0 amide bonds. The lowest BCUT2D eigenvalue weighted by Crippen LogP contribution is -1.87. The van der Waals surface area contributed by atoms with E-state index in [1.54, 1.807) is 7.11 Å². The predicted octanol–water partition coefficient (Wildman–Crippen LogP) is 4.45. The molecule has 19 heavy (non-hydrogen) atoms. The van der Waals surface area contributed by atoms with E-state index >= 15 is 0 Å². The fraction of sp³-hybridized carbons (Fsp3) is 0.0556. The van der Waals surface area contributed by atoms with Gasteiger partial charge in [0.05, 0.1) is 7.11 Å². The van der Waals surface area contributed by atoms with E-state index < -0.39 is 0 Å². The van der Waals surface area contributed by atoms with E-state index in [-0.39, 0.29) is 0 Å². The third-order valence-electron chi connectivity index (χ3n) is 3.22. The first kappa shape index (κ1) is 11.8. The van der Waals surface area contributed by atoms with Gasteiger partial charge in [0.2, 0.25) is 0 Å². The highest BCUT2D eigenvalue weighted by Crippen LogP contribution is 2.20. The molecule has 0 aliphatic carbocycles. The van der Waals surface area contributed by atoms with Crippen molar-refractivity contribution in [2.24, 2.45) is 0 Å². The first-order valence-electron chi connectivity index (χ1n) is 6.33. The molecular weight excluding hydrogens is 232 g/mol. The Morgan fingerprint density at radius 3 is 2.16 bits per heavy atom. The van der Waals surface area contributed by atoms with Crippen LogP contribution in [0.25, 0.3) is 10.8 Å². The molecule has 1 heteroatoms. The monoisotopic (exact) mass is 247 g/mol. The Bertz CT molecular complexity index is 683. The van der Waals surface area contributed by atoms with Gasteiger partial charge in [-0.25, -0.2) is 0 Å². The number of rotatable bonds is 3. The summed E-state index contributed by atoms with van der Waals surface area (Å²) < 4.78 is 5.16. The van der Waals surface area contributed by atoms with E-state index in [4.69, 9.17) is 4.74 Å². The van der Waals surface area contributed by atoms with Crippen molar-refractivity contribution < 1.29 is 4.74 Å². The minimum atomic E-state index is 0.885. The van der Waals surface area contributed by atoms with Crippen LogP contribution in [0.1, 0.15) is 11.1 Å². The molecule has 3 aromatic carbocycles. The van der Waals surface area contributed by atoms with Crippen molar-refractivity contribution in [3.8, 4) is 5.75 Å². The highest BCUT2D eigenvalue weighted by Gasteiger charge is 1.99. The quantitative estimate of drug-likeness (QED) is 0.664. The Hall–Kier alpha value is -2.28. The fourth-order valence-corrected chi connectivity index (χ4v) is 2.19. The van der Waals surface area contributed by atoms with Gasteiger partial charge in [-0.1, -0.05) is 54.6 Å². The molecule has 1 nitrogen and oxygen atoms in total. The zero-order valence-electron chi connectivity index (χ0n) is 10.8. The van der Waals surface area contributed by atoms with Crippen LogP contribution in [0.15, 0.2) is 66.7 Å². The highest BCUT2D eigenvalue weighted by molar-refractivity contribution is 5.83. The van der Waals surface area contributed by atoms with Crippen molar-refractivity contribution in [1.29, 1.82) is 0 Å². The lowest BCUT2D eigenvalue weighted by molar-refractivity contribution is 0.414. The Morgan fingerprint density at radius 1 is 0.737 bits per heavy atom. The van der Waals surface area contributed by atoms with Gasteiger partial charge in [-0.15, -0.1) is 0 Å². The molecule has 0 saturated carbocycles. The second kappa shape index (κ2) is 5.15. The van der Waals surface area contributed by atoms with Crippen LogP contribution in [0.3, 0.4) is 0 Å². The summed E-state index contributed by atoms with van der Waals surface area (Å²) in [5, 5.41) is 2.54. The van der Waals surface area contributed by atoms with Gasteiger partial charge < -0.3 is 4.74 Å².